The monoisotopic (exact) mass is 432 g/mol. The van der Waals surface area contributed by atoms with E-state index >= 15 is 0 Å². The van der Waals surface area contributed by atoms with Crippen LogP contribution in [-0.4, -0.2) is 53.5 Å². The Kier molecular flexibility index (Phi) is 7.89. The van der Waals surface area contributed by atoms with Crippen molar-refractivity contribution in [1.29, 1.82) is 0 Å². The second kappa shape index (κ2) is 11.5. The Hall–Kier alpha value is -3.16. The largest absolute Gasteiger partial charge is 0.379 e. The van der Waals surface area contributed by atoms with Gasteiger partial charge < -0.3 is 15.4 Å². The van der Waals surface area contributed by atoms with Gasteiger partial charge in [0.2, 0.25) is 0 Å². The first-order chi connectivity index (χ1) is 15.8. The van der Waals surface area contributed by atoms with Crippen molar-refractivity contribution in [2.24, 2.45) is 4.99 Å². The molecule has 0 unspecified atom stereocenters. The number of hydrogen-bond acceptors (Lipinski definition) is 4. The van der Waals surface area contributed by atoms with E-state index in [1.807, 2.05) is 16.9 Å². The standard InChI is InChI=1S/C25H32N6O/c1-2-26-25(27-18-21-8-10-24(11-9-21)31-13-5-12-29-31)28-19-22-6-3-4-7-23(22)20-30-14-16-32-17-15-30/h3-13H,2,14-20H2,1H3,(H2,26,27,28). The quantitative estimate of drug-likeness (QED) is 0.423. The minimum atomic E-state index is 0.615. The number of aromatic nitrogens is 2. The topological polar surface area (TPSA) is 66.7 Å². The van der Waals surface area contributed by atoms with Crippen molar-refractivity contribution >= 4 is 5.96 Å². The van der Waals surface area contributed by atoms with E-state index in [1.54, 1.807) is 6.20 Å². The van der Waals surface area contributed by atoms with Crippen molar-refractivity contribution in [1.82, 2.24) is 25.3 Å². The van der Waals surface area contributed by atoms with Crippen LogP contribution in [0.15, 0.2) is 72.0 Å². The summed E-state index contributed by atoms with van der Waals surface area (Å²) in [6.07, 6.45) is 3.73. The Morgan fingerprint density at radius 3 is 2.50 bits per heavy atom. The van der Waals surface area contributed by atoms with Gasteiger partial charge in [-0.25, -0.2) is 9.67 Å². The van der Waals surface area contributed by atoms with Crippen LogP contribution in [0, 0.1) is 0 Å². The van der Waals surface area contributed by atoms with Gasteiger partial charge in [0.1, 0.15) is 0 Å². The van der Waals surface area contributed by atoms with Gasteiger partial charge in [-0.15, -0.1) is 0 Å². The van der Waals surface area contributed by atoms with Crippen LogP contribution in [0.25, 0.3) is 5.69 Å². The highest BCUT2D eigenvalue weighted by Gasteiger charge is 2.12. The SMILES string of the molecule is CCNC(=NCc1ccc(-n2cccn2)cc1)NCc1ccccc1CN1CCOCC1. The number of hydrogen-bond donors (Lipinski definition) is 2. The second-order valence-corrected chi connectivity index (χ2v) is 7.82. The lowest BCUT2D eigenvalue weighted by atomic mass is 10.1. The fourth-order valence-corrected chi connectivity index (χ4v) is 3.75. The Bertz CT molecular complexity index is 978. The normalized spacial score (nSPS) is 15.0. The molecule has 1 saturated heterocycles. The van der Waals surface area contributed by atoms with Gasteiger partial charge in [0.25, 0.3) is 0 Å². The molecular weight excluding hydrogens is 400 g/mol. The molecule has 7 nitrogen and oxygen atoms in total. The number of ether oxygens (including phenoxy) is 1. The maximum absolute atomic E-state index is 5.48. The Balaban J connectivity index is 1.36. The lowest BCUT2D eigenvalue weighted by Gasteiger charge is -2.27. The smallest absolute Gasteiger partial charge is 0.191 e. The Labute approximate surface area is 190 Å². The fraction of sp³-hybridized carbons (Fsp3) is 0.360. The molecule has 1 aromatic heterocycles. The molecule has 168 valence electrons. The van der Waals surface area contributed by atoms with Gasteiger partial charge >= 0.3 is 0 Å². The molecule has 32 heavy (non-hydrogen) atoms. The van der Waals surface area contributed by atoms with Crippen LogP contribution in [0.5, 0.6) is 0 Å². The van der Waals surface area contributed by atoms with E-state index in [1.165, 1.54) is 11.1 Å². The third-order valence-corrected chi connectivity index (χ3v) is 5.53. The average Bonchev–Trinajstić information content (AvgIpc) is 3.38. The summed E-state index contributed by atoms with van der Waals surface area (Å²) in [5.74, 6) is 0.824. The van der Waals surface area contributed by atoms with Crippen molar-refractivity contribution in [3.05, 3.63) is 83.7 Å². The Morgan fingerprint density at radius 2 is 1.78 bits per heavy atom. The van der Waals surface area contributed by atoms with Gasteiger partial charge in [0, 0.05) is 45.1 Å². The molecule has 0 spiro atoms. The van der Waals surface area contributed by atoms with E-state index < -0.39 is 0 Å². The van der Waals surface area contributed by atoms with Crippen LogP contribution < -0.4 is 10.6 Å². The molecule has 3 aromatic rings. The minimum Gasteiger partial charge on any atom is -0.379 e. The van der Waals surface area contributed by atoms with Crippen LogP contribution in [0.3, 0.4) is 0 Å². The third kappa shape index (κ3) is 6.18. The first-order valence-electron chi connectivity index (χ1n) is 11.3. The van der Waals surface area contributed by atoms with Gasteiger partial charge in [-0.05, 0) is 41.8 Å². The molecule has 0 amide bonds. The van der Waals surface area contributed by atoms with Gasteiger partial charge in [0.05, 0.1) is 25.4 Å². The molecule has 0 bridgehead atoms. The number of guanidine groups is 1. The molecule has 2 aromatic carbocycles. The second-order valence-electron chi connectivity index (χ2n) is 7.82. The molecule has 2 heterocycles. The number of aliphatic imine (C=N–C) groups is 1. The highest BCUT2D eigenvalue weighted by Crippen LogP contribution is 2.13. The molecule has 4 rings (SSSR count). The zero-order chi connectivity index (χ0) is 22.0. The Morgan fingerprint density at radius 1 is 1.00 bits per heavy atom. The number of rotatable bonds is 8. The molecule has 7 heteroatoms. The van der Waals surface area contributed by atoms with Crippen LogP contribution >= 0.6 is 0 Å². The number of nitrogens with one attached hydrogen (secondary N) is 2. The molecule has 0 aliphatic carbocycles. The van der Waals surface area contributed by atoms with Gasteiger partial charge in [-0.1, -0.05) is 36.4 Å². The van der Waals surface area contributed by atoms with E-state index in [2.05, 4.69) is 76.1 Å². The van der Waals surface area contributed by atoms with Crippen LogP contribution in [0.4, 0.5) is 0 Å². The molecule has 1 fully saturated rings. The molecule has 1 aliphatic rings. The summed E-state index contributed by atoms with van der Waals surface area (Å²) >= 11 is 0. The zero-order valence-electron chi connectivity index (χ0n) is 18.7. The third-order valence-electron chi connectivity index (χ3n) is 5.53. The van der Waals surface area contributed by atoms with E-state index in [0.29, 0.717) is 6.54 Å². The molecule has 0 radical (unpaired) electrons. The lowest BCUT2D eigenvalue weighted by Crippen LogP contribution is -2.38. The lowest BCUT2D eigenvalue weighted by molar-refractivity contribution is 0.0341. The van der Waals surface area contributed by atoms with Crippen LogP contribution in [-0.2, 0) is 24.4 Å². The summed E-state index contributed by atoms with van der Waals surface area (Å²) in [5.41, 5.74) is 4.86. The van der Waals surface area contributed by atoms with Crippen molar-refractivity contribution in [2.45, 2.75) is 26.6 Å². The van der Waals surface area contributed by atoms with Gasteiger partial charge in [-0.2, -0.15) is 5.10 Å². The highest BCUT2D eigenvalue weighted by molar-refractivity contribution is 5.79. The summed E-state index contributed by atoms with van der Waals surface area (Å²) in [4.78, 5) is 7.23. The maximum Gasteiger partial charge on any atom is 0.191 e. The number of nitrogens with zero attached hydrogens (tertiary/aromatic N) is 4. The van der Waals surface area contributed by atoms with E-state index in [4.69, 9.17) is 9.73 Å². The van der Waals surface area contributed by atoms with Crippen LogP contribution in [0.2, 0.25) is 0 Å². The molecule has 1 aliphatic heterocycles. The zero-order valence-corrected chi connectivity index (χ0v) is 18.7. The molecule has 2 N–H and O–H groups in total. The number of benzene rings is 2. The minimum absolute atomic E-state index is 0.615. The molecule has 0 atom stereocenters. The predicted molar refractivity (Wildman–Crippen MR) is 128 cm³/mol. The van der Waals surface area contributed by atoms with E-state index in [9.17, 15) is 0 Å². The van der Waals surface area contributed by atoms with Crippen molar-refractivity contribution < 1.29 is 4.74 Å². The van der Waals surface area contributed by atoms with Gasteiger partial charge in [-0.3, -0.25) is 4.90 Å². The van der Waals surface area contributed by atoms with Crippen molar-refractivity contribution in [3.8, 4) is 5.69 Å². The molecule has 0 saturated carbocycles. The maximum atomic E-state index is 5.48. The van der Waals surface area contributed by atoms with E-state index in [0.717, 1.165) is 63.1 Å². The van der Waals surface area contributed by atoms with E-state index in [-0.39, 0.29) is 0 Å². The summed E-state index contributed by atoms with van der Waals surface area (Å²) in [7, 11) is 0. The predicted octanol–water partition coefficient (Wildman–Crippen LogP) is 2.96. The summed E-state index contributed by atoms with van der Waals surface area (Å²) in [6, 6.07) is 18.9. The first kappa shape index (κ1) is 22.0. The van der Waals surface area contributed by atoms with Crippen LogP contribution in [0.1, 0.15) is 23.6 Å². The van der Waals surface area contributed by atoms with Crippen molar-refractivity contribution in [2.75, 3.05) is 32.8 Å². The average molecular weight is 433 g/mol. The molecular formula is C25H32N6O. The summed E-state index contributed by atoms with van der Waals surface area (Å²) in [5, 5.41) is 11.1. The first-order valence-corrected chi connectivity index (χ1v) is 11.3. The number of morpholine rings is 1. The van der Waals surface area contributed by atoms with Gasteiger partial charge in [0.15, 0.2) is 5.96 Å². The fourth-order valence-electron chi connectivity index (χ4n) is 3.75. The summed E-state index contributed by atoms with van der Waals surface area (Å²) < 4.78 is 7.33. The summed E-state index contributed by atoms with van der Waals surface area (Å²) in [6.45, 7) is 8.84. The van der Waals surface area contributed by atoms with Crippen molar-refractivity contribution in [3.63, 3.8) is 0 Å². The highest BCUT2D eigenvalue weighted by atomic mass is 16.5.